The third kappa shape index (κ3) is 3.13. The first-order chi connectivity index (χ1) is 10.9. The highest BCUT2D eigenvalue weighted by molar-refractivity contribution is 7.15. The number of piperidine rings is 1. The van der Waals surface area contributed by atoms with Crippen LogP contribution < -0.4 is 10.6 Å². The molecule has 1 amide bonds. The van der Waals surface area contributed by atoms with E-state index >= 15 is 0 Å². The number of aromatic nitrogens is 4. The lowest BCUT2D eigenvalue weighted by molar-refractivity contribution is -0.126. The molecule has 1 aliphatic rings. The summed E-state index contributed by atoms with van der Waals surface area (Å²) in [5, 5.41) is 20.3. The first kappa shape index (κ1) is 16.1. The summed E-state index contributed by atoms with van der Waals surface area (Å²) in [5.74, 6) is -0.0701. The average Bonchev–Trinajstić information content (AvgIpc) is 3.19. The Labute approximate surface area is 139 Å². The standard InChI is InChI=1S/C15H22N6OS/c1-14(2,3)12-19-20-13(23-12)18-11(22)15(5-8-16-9-6-15)21-10-4-7-17-21/h4,7,10,16H,5-6,8-9H2,1-3H3,(H,18,20,22). The van der Waals surface area contributed by atoms with E-state index in [9.17, 15) is 4.79 Å². The van der Waals surface area contributed by atoms with Gasteiger partial charge in [0.25, 0.3) is 5.91 Å². The molecule has 1 aliphatic heterocycles. The number of rotatable bonds is 3. The predicted molar refractivity (Wildman–Crippen MR) is 89.5 cm³/mol. The number of amides is 1. The van der Waals surface area contributed by atoms with Gasteiger partial charge in [-0.1, -0.05) is 32.1 Å². The Kier molecular flexibility index (Phi) is 4.20. The van der Waals surface area contributed by atoms with Crippen molar-refractivity contribution in [1.29, 1.82) is 0 Å². The zero-order valence-corrected chi connectivity index (χ0v) is 14.5. The normalized spacial score (nSPS) is 17.9. The van der Waals surface area contributed by atoms with Gasteiger partial charge in [-0.05, 0) is 32.0 Å². The molecule has 3 heterocycles. The Morgan fingerprint density at radius 3 is 2.65 bits per heavy atom. The van der Waals surface area contributed by atoms with Crippen molar-refractivity contribution in [2.75, 3.05) is 18.4 Å². The van der Waals surface area contributed by atoms with Crippen LogP contribution in [0.3, 0.4) is 0 Å². The van der Waals surface area contributed by atoms with E-state index in [1.165, 1.54) is 11.3 Å². The summed E-state index contributed by atoms with van der Waals surface area (Å²) < 4.78 is 1.77. The number of anilines is 1. The van der Waals surface area contributed by atoms with Crippen LogP contribution >= 0.6 is 11.3 Å². The van der Waals surface area contributed by atoms with Gasteiger partial charge >= 0.3 is 0 Å². The van der Waals surface area contributed by atoms with Gasteiger partial charge in [-0.15, -0.1) is 10.2 Å². The summed E-state index contributed by atoms with van der Waals surface area (Å²) in [6.07, 6.45) is 4.96. The van der Waals surface area contributed by atoms with Crippen LogP contribution in [0.2, 0.25) is 0 Å². The van der Waals surface area contributed by atoms with Crippen molar-refractivity contribution >= 4 is 22.4 Å². The number of carbonyl (C=O) groups excluding carboxylic acids is 1. The second kappa shape index (κ2) is 6.01. The Hall–Kier alpha value is -1.80. The summed E-state index contributed by atoms with van der Waals surface area (Å²) in [6, 6.07) is 1.85. The molecule has 2 N–H and O–H groups in total. The van der Waals surface area contributed by atoms with Crippen molar-refractivity contribution in [2.45, 2.75) is 44.6 Å². The van der Waals surface area contributed by atoms with Gasteiger partial charge in [0.2, 0.25) is 5.13 Å². The van der Waals surface area contributed by atoms with Gasteiger partial charge in [-0.25, -0.2) is 0 Å². The fraction of sp³-hybridized carbons (Fsp3) is 0.600. The number of carbonyl (C=O) groups is 1. The van der Waals surface area contributed by atoms with E-state index < -0.39 is 5.54 Å². The van der Waals surface area contributed by atoms with E-state index in [1.807, 2.05) is 12.3 Å². The number of nitrogens with zero attached hydrogens (tertiary/aromatic N) is 4. The van der Waals surface area contributed by atoms with Crippen molar-refractivity contribution in [3.05, 3.63) is 23.5 Å². The molecule has 0 aromatic carbocycles. The van der Waals surface area contributed by atoms with Crippen LogP contribution in [-0.2, 0) is 15.7 Å². The summed E-state index contributed by atoms with van der Waals surface area (Å²) >= 11 is 1.43. The highest BCUT2D eigenvalue weighted by Crippen LogP contribution is 2.31. The Morgan fingerprint density at radius 2 is 2.09 bits per heavy atom. The molecule has 23 heavy (non-hydrogen) atoms. The minimum atomic E-state index is -0.664. The smallest absolute Gasteiger partial charge is 0.254 e. The Balaban J connectivity index is 1.83. The average molecular weight is 334 g/mol. The monoisotopic (exact) mass is 334 g/mol. The molecule has 8 heteroatoms. The lowest BCUT2D eigenvalue weighted by Crippen LogP contribution is -2.52. The Morgan fingerprint density at radius 1 is 1.35 bits per heavy atom. The molecule has 0 radical (unpaired) electrons. The summed E-state index contributed by atoms with van der Waals surface area (Å²) in [6.45, 7) is 7.82. The molecule has 0 atom stereocenters. The third-order valence-corrected chi connectivity index (χ3v) is 5.35. The SMILES string of the molecule is CC(C)(C)c1nnc(NC(=O)C2(n3cccn3)CCNCC2)s1. The largest absolute Gasteiger partial charge is 0.317 e. The summed E-state index contributed by atoms with van der Waals surface area (Å²) in [7, 11) is 0. The molecular weight excluding hydrogens is 312 g/mol. The summed E-state index contributed by atoms with van der Waals surface area (Å²) in [5.41, 5.74) is -0.739. The van der Waals surface area contributed by atoms with E-state index in [0.29, 0.717) is 18.0 Å². The van der Waals surface area contributed by atoms with Crippen molar-refractivity contribution in [3.63, 3.8) is 0 Å². The van der Waals surface area contributed by atoms with Crippen LogP contribution in [0.15, 0.2) is 18.5 Å². The maximum atomic E-state index is 13.0. The third-order valence-electron chi connectivity index (χ3n) is 4.08. The van der Waals surface area contributed by atoms with Crippen LogP contribution in [0.5, 0.6) is 0 Å². The second-order valence-electron chi connectivity index (χ2n) is 6.85. The fourth-order valence-electron chi connectivity index (χ4n) is 2.71. The highest BCUT2D eigenvalue weighted by atomic mass is 32.1. The molecule has 1 fully saturated rings. The quantitative estimate of drug-likeness (QED) is 0.893. The molecule has 0 spiro atoms. The molecule has 2 aromatic rings. The van der Waals surface area contributed by atoms with Gasteiger partial charge in [0.1, 0.15) is 10.5 Å². The molecule has 0 bridgehead atoms. The van der Waals surface area contributed by atoms with Crippen LogP contribution in [0.25, 0.3) is 0 Å². The fourth-order valence-corrected chi connectivity index (χ4v) is 3.51. The predicted octanol–water partition coefficient (Wildman–Crippen LogP) is 1.75. The maximum Gasteiger partial charge on any atom is 0.254 e. The lowest BCUT2D eigenvalue weighted by atomic mass is 9.87. The first-order valence-electron chi connectivity index (χ1n) is 7.78. The van der Waals surface area contributed by atoms with Crippen LogP contribution in [0.1, 0.15) is 38.6 Å². The summed E-state index contributed by atoms with van der Waals surface area (Å²) in [4.78, 5) is 13.0. The maximum absolute atomic E-state index is 13.0. The zero-order valence-electron chi connectivity index (χ0n) is 13.7. The van der Waals surface area contributed by atoms with E-state index in [0.717, 1.165) is 18.1 Å². The van der Waals surface area contributed by atoms with E-state index in [-0.39, 0.29) is 11.3 Å². The molecule has 7 nitrogen and oxygen atoms in total. The zero-order chi connectivity index (χ0) is 16.5. The minimum absolute atomic E-state index is 0.0701. The van der Waals surface area contributed by atoms with Gasteiger partial charge in [0, 0.05) is 17.8 Å². The van der Waals surface area contributed by atoms with E-state index in [4.69, 9.17) is 0 Å². The molecule has 0 saturated carbocycles. The van der Waals surface area contributed by atoms with E-state index in [2.05, 4.69) is 46.7 Å². The van der Waals surface area contributed by atoms with Crippen LogP contribution in [0.4, 0.5) is 5.13 Å². The number of hydrogen-bond donors (Lipinski definition) is 2. The van der Waals surface area contributed by atoms with Crippen LogP contribution in [-0.4, -0.2) is 39.0 Å². The van der Waals surface area contributed by atoms with Crippen molar-refractivity contribution < 1.29 is 4.79 Å². The van der Waals surface area contributed by atoms with Crippen LogP contribution in [0, 0.1) is 0 Å². The Bertz CT molecular complexity index is 666. The van der Waals surface area contributed by atoms with Gasteiger partial charge in [-0.2, -0.15) is 5.10 Å². The lowest BCUT2D eigenvalue weighted by Gasteiger charge is -2.36. The van der Waals surface area contributed by atoms with Gasteiger partial charge in [0.05, 0.1) is 0 Å². The molecule has 3 rings (SSSR count). The van der Waals surface area contributed by atoms with Crippen molar-refractivity contribution in [3.8, 4) is 0 Å². The molecule has 0 aliphatic carbocycles. The van der Waals surface area contributed by atoms with E-state index in [1.54, 1.807) is 10.9 Å². The molecular formula is C15H22N6OS. The highest BCUT2D eigenvalue weighted by Gasteiger charge is 2.42. The van der Waals surface area contributed by atoms with Gasteiger partial charge in [-0.3, -0.25) is 14.8 Å². The second-order valence-corrected chi connectivity index (χ2v) is 7.83. The van der Waals surface area contributed by atoms with Gasteiger partial charge in [0.15, 0.2) is 0 Å². The number of nitrogens with one attached hydrogen (secondary N) is 2. The van der Waals surface area contributed by atoms with Crippen molar-refractivity contribution in [2.24, 2.45) is 0 Å². The van der Waals surface area contributed by atoms with Gasteiger partial charge < -0.3 is 5.32 Å². The molecule has 124 valence electrons. The minimum Gasteiger partial charge on any atom is -0.317 e. The number of hydrogen-bond acceptors (Lipinski definition) is 6. The molecule has 0 unspecified atom stereocenters. The molecule has 2 aromatic heterocycles. The topological polar surface area (TPSA) is 84.7 Å². The van der Waals surface area contributed by atoms with Crippen molar-refractivity contribution in [1.82, 2.24) is 25.3 Å². The first-order valence-corrected chi connectivity index (χ1v) is 8.60. The molecule has 1 saturated heterocycles.